The fraction of sp³-hybridized carbons (Fsp3) is 0.857. The first-order valence-corrected chi connectivity index (χ1v) is 7.01. The van der Waals surface area contributed by atoms with Gasteiger partial charge < -0.3 is 10.2 Å². The van der Waals surface area contributed by atoms with E-state index in [0.29, 0.717) is 24.7 Å². The maximum atomic E-state index is 10.2. The first-order chi connectivity index (χ1) is 8.58. The van der Waals surface area contributed by atoms with Crippen LogP contribution in [0, 0.1) is 11.8 Å². The molecule has 0 spiro atoms. The zero-order chi connectivity index (χ0) is 13.4. The second-order valence-corrected chi connectivity index (χ2v) is 5.50. The summed E-state index contributed by atoms with van der Waals surface area (Å²) < 4.78 is 0. The molecule has 0 bridgehead atoms. The summed E-state index contributed by atoms with van der Waals surface area (Å²) in [6, 6.07) is 0. The van der Waals surface area contributed by atoms with Gasteiger partial charge in [-0.05, 0) is 37.5 Å². The summed E-state index contributed by atoms with van der Waals surface area (Å²) in [5.41, 5.74) is 0. The highest BCUT2D eigenvalue weighted by Gasteiger charge is 2.17. The van der Waals surface area contributed by atoms with Crippen molar-refractivity contribution >= 4 is 28.9 Å². The van der Waals surface area contributed by atoms with Crippen molar-refractivity contribution in [2.24, 2.45) is 11.8 Å². The van der Waals surface area contributed by atoms with E-state index < -0.39 is 11.9 Å². The molecule has 112 valence electrons. The van der Waals surface area contributed by atoms with E-state index in [0.717, 1.165) is 25.7 Å². The predicted molar refractivity (Wildman–Crippen MR) is 78.7 cm³/mol. The molecule has 2 rings (SSSR count). The van der Waals surface area contributed by atoms with Gasteiger partial charge in [0.15, 0.2) is 0 Å². The van der Waals surface area contributed by atoms with Gasteiger partial charge in [-0.3, -0.25) is 9.59 Å². The highest BCUT2D eigenvalue weighted by molar-refractivity contribution is 8.93. The maximum Gasteiger partial charge on any atom is 0.303 e. The van der Waals surface area contributed by atoms with Gasteiger partial charge >= 0.3 is 11.9 Å². The maximum absolute atomic E-state index is 10.2. The molecule has 0 saturated heterocycles. The lowest BCUT2D eigenvalue weighted by Gasteiger charge is -2.01. The van der Waals surface area contributed by atoms with Gasteiger partial charge in [0, 0.05) is 12.8 Å². The van der Waals surface area contributed by atoms with E-state index in [1.807, 2.05) is 0 Å². The lowest BCUT2D eigenvalue weighted by atomic mass is 10.1. The number of carboxylic acid groups (broad SMARTS) is 2. The minimum atomic E-state index is -0.637. The van der Waals surface area contributed by atoms with Crippen LogP contribution < -0.4 is 0 Å². The number of halogens is 1. The minimum absolute atomic E-state index is 0. The standard InChI is InChI=1S/2C7H12O2.BrH/c2*8-7(9)5-6-3-1-2-4-6;/h2*6H,1-5H2,(H,8,9);1H. The molecule has 0 aromatic carbocycles. The fourth-order valence-electron chi connectivity index (χ4n) is 2.92. The van der Waals surface area contributed by atoms with E-state index >= 15 is 0 Å². The van der Waals surface area contributed by atoms with Gasteiger partial charge in [0.2, 0.25) is 0 Å². The molecular formula is C14H25BrO4. The summed E-state index contributed by atoms with van der Waals surface area (Å²) in [5.74, 6) is -0.297. The lowest BCUT2D eigenvalue weighted by molar-refractivity contribution is -0.139. The SMILES string of the molecule is Br.O=C(O)CC1CCCC1.O=C(O)CC1CCCC1. The van der Waals surface area contributed by atoms with Crippen molar-refractivity contribution in [2.45, 2.75) is 64.2 Å². The number of carbonyl (C=O) groups is 2. The Kier molecular flexibility index (Phi) is 9.92. The molecule has 19 heavy (non-hydrogen) atoms. The molecule has 2 saturated carbocycles. The number of aliphatic carboxylic acids is 2. The minimum Gasteiger partial charge on any atom is -0.481 e. The molecule has 2 N–H and O–H groups in total. The van der Waals surface area contributed by atoms with Crippen LogP contribution in [0.15, 0.2) is 0 Å². The average Bonchev–Trinajstić information content (AvgIpc) is 2.90. The lowest BCUT2D eigenvalue weighted by Crippen LogP contribution is -2.02. The smallest absolute Gasteiger partial charge is 0.303 e. The Morgan fingerprint density at radius 1 is 0.737 bits per heavy atom. The zero-order valence-corrected chi connectivity index (χ0v) is 13.1. The predicted octanol–water partition coefficient (Wildman–Crippen LogP) is 3.88. The van der Waals surface area contributed by atoms with Crippen LogP contribution in [0.25, 0.3) is 0 Å². The molecule has 5 heteroatoms. The monoisotopic (exact) mass is 336 g/mol. The van der Waals surface area contributed by atoms with Crippen LogP contribution in [0.2, 0.25) is 0 Å². The van der Waals surface area contributed by atoms with Crippen molar-refractivity contribution in [1.29, 1.82) is 0 Å². The van der Waals surface area contributed by atoms with Crippen LogP contribution in [-0.4, -0.2) is 22.2 Å². The van der Waals surface area contributed by atoms with Crippen LogP contribution in [0.5, 0.6) is 0 Å². The van der Waals surface area contributed by atoms with Gasteiger partial charge in [-0.1, -0.05) is 25.7 Å². The zero-order valence-electron chi connectivity index (χ0n) is 11.3. The van der Waals surface area contributed by atoms with Gasteiger partial charge in [-0.25, -0.2) is 0 Å². The Bertz CT molecular complexity index is 241. The van der Waals surface area contributed by atoms with Crippen LogP contribution in [0.1, 0.15) is 64.2 Å². The third kappa shape index (κ3) is 9.03. The summed E-state index contributed by atoms with van der Waals surface area (Å²) in [4.78, 5) is 20.3. The van der Waals surface area contributed by atoms with Crippen molar-refractivity contribution in [2.75, 3.05) is 0 Å². The van der Waals surface area contributed by atoms with Crippen LogP contribution in [0.4, 0.5) is 0 Å². The Morgan fingerprint density at radius 3 is 1.21 bits per heavy atom. The van der Waals surface area contributed by atoms with Gasteiger partial charge in [-0.2, -0.15) is 0 Å². The van der Waals surface area contributed by atoms with E-state index in [4.69, 9.17) is 10.2 Å². The Morgan fingerprint density at radius 2 is 1.00 bits per heavy atom. The highest BCUT2D eigenvalue weighted by Crippen LogP contribution is 2.27. The molecular weight excluding hydrogens is 312 g/mol. The van der Waals surface area contributed by atoms with Crippen molar-refractivity contribution in [3.05, 3.63) is 0 Å². The van der Waals surface area contributed by atoms with Crippen molar-refractivity contribution in [3.8, 4) is 0 Å². The van der Waals surface area contributed by atoms with E-state index in [1.165, 1.54) is 25.7 Å². The Labute approximate surface area is 125 Å². The number of carboxylic acids is 2. The normalized spacial score (nSPS) is 19.4. The Balaban J connectivity index is 0.000000324. The van der Waals surface area contributed by atoms with Gasteiger partial charge in [0.1, 0.15) is 0 Å². The van der Waals surface area contributed by atoms with Gasteiger partial charge in [0.05, 0.1) is 0 Å². The van der Waals surface area contributed by atoms with Crippen LogP contribution in [-0.2, 0) is 9.59 Å². The quantitative estimate of drug-likeness (QED) is 0.816. The third-order valence-corrected chi connectivity index (χ3v) is 3.88. The summed E-state index contributed by atoms with van der Waals surface area (Å²) in [6.45, 7) is 0. The first-order valence-electron chi connectivity index (χ1n) is 7.01. The summed E-state index contributed by atoms with van der Waals surface area (Å²) in [6.07, 6.45) is 10.2. The molecule has 4 nitrogen and oxygen atoms in total. The molecule has 2 aliphatic carbocycles. The summed E-state index contributed by atoms with van der Waals surface area (Å²) >= 11 is 0. The largest absolute Gasteiger partial charge is 0.481 e. The second-order valence-electron chi connectivity index (χ2n) is 5.50. The van der Waals surface area contributed by atoms with Crippen molar-refractivity contribution < 1.29 is 19.8 Å². The second kappa shape index (κ2) is 10.2. The van der Waals surface area contributed by atoms with Gasteiger partial charge in [-0.15, -0.1) is 17.0 Å². The molecule has 0 amide bonds. The number of hydrogen-bond donors (Lipinski definition) is 2. The molecule has 0 radical (unpaired) electrons. The number of rotatable bonds is 4. The molecule has 0 aromatic rings. The van der Waals surface area contributed by atoms with Crippen molar-refractivity contribution in [3.63, 3.8) is 0 Å². The molecule has 2 aliphatic rings. The van der Waals surface area contributed by atoms with E-state index in [1.54, 1.807) is 0 Å². The van der Waals surface area contributed by atoms with Crippen LogP contribution in [0.3, 0.4) is 0 Å². The van der Waals surface area contributed by atoms with Crippen LogP contribution >= 0.6 is 17.0 Å². The molecule has 0 aromatic heterocycles. The fourth-order valence-corrected chi connectivity index (χ4v) is 2.92. The summed E-state index contributed by atoms with van der Waals surface area (Å²) in [5, 5.41) is 16.7. The summed E-state index contributed by atoms with van der Waals surface area (Å²) in [7, 11) is 0. The topological polar surface area (TPSA) is 74.6 Å². The molecule has 0 aliphatic heterocycles. The van der Waals surface area contributed by atoms with E-state index in [9.17, 15) is 9.59 Å². The van der Waals surface area contributed by atoms with E-state index in [-0.39, 0.29) is 17.0 Å². The third-order valence-electron chi connectivity index (χ3n) is 3.88. The van der Waals surface area contributed by atoms with E-state index in [2.05, 4.69) is 0 Å². The average molecular weight is 337 g/mol. The highest BCUT2D eigenvalue weighted by atomic mass is 79.9. The molecule has 0 unspecified atom stereocenters. The van der Waals surface area contributed by atoms with Crippen molar-refractivity contribution in [1.82, 2.24) is 0 Å². The van der Waals surface area contributed by atoms with Gasteiger partial charge in [0.25, 0.3) is 0 Å². The Hall–Kier alpha value is -0.580. The first kappa shape index (κ1) is 18.4. The number of hydrogen-bond acceptors (Lipinski definition) is 2. The molecule has 2 fully saturated rings. The molecule has 0 atom stereocenters. The molecule has 0 heterocycles.